The van der Waals surface area contributed by atoms with E-state index in [-0.39, 0.29) is 22.9 Å². The number of fused-ring (bicyclic) bond motifs is 1. The van der Waals surface area contributed by atoms with E-state index in [1.807, 2.05) is 6.20 Å². The number of aryl methyl sites for hydroxylation is 1. The fraction of sp³-hybridized carbons (Fsp3) is 0.562. The lowest BCUT2D eigenvalue weighted by Gasteiger charge is -2.31. The summed E-state index contributed by atoms with van der Waals surface area (Å²) in [5.74, 6) is 7.25. The lowest BCUT2D eigenvalue weighted by Crippen LogP contribution is -2.38. The quantitative estimate of drug-likeness (QED) is 0.372. The molecule has 5 rings (SSSR count). The van der Waals surface area contributed by atoms with Crippen LogP contribution in [0.15, 0.2) is 35.5 Å². The predicted octanol–water partition coefficient (Wildman–Crippen LogP) is 6.79. The largest absolute Gasteiger partial charge is 0.364 e. The van der Waals surface area contributed by atoms with Crippen LogP contribution in [0.1, 0.15) is 98.8 Å². The maximum Gasteiger partial charge on any atom is 0.166 e. The summed E-state index contributed by atoms with van der Waals surface area (Å²) in [6.45, 7) is 7.14. The molecule has 1 spiro atoms. The van der Waals surface area contributed by atoms with Crippen LogP contribution in [0.2, 0.25) is 0 Å². The molecule has 1 aromatic heterocycles. The van der Waals surface area contributed by atoms with E-state index in [9.17, 15) is 9.18 Å². The summed E-state index contributed by atoms with van der Waals surface area (Å²) in [6.07, 6.45) is 12.1. The Balaban J connectivity index is 1.33. The number of nitrogens with zero attached hydrogens (tertiary/aromatic N) is 2. The number of nitrogens with one attached hydrogen (secondary N) is 1. The highest BCUT2D eigenvalue weighted by Crippen LogP contribution is 2.52. The van der Waals surface area contributed by atoms with Gasteiger partial charge in [-0.3, -0.25) is 9.79 Å². The van der Waals surface area contributed by atoms with Gasteiger partial charge in [0.25, 0.3) is 0 Å². The van der Waals surface area contributed by atoms with Crippen molar-refractivity contribution in [2.45, 2.75) is 78.1 Å². The number of rotatable bonds is 3. The maximum absolute atomic E-state index is 14.7. The highest BCUT2D eigenvalue weighted by molar-refractivity contribution is 6.00. The van der Waals surface area contributed by atoms with Crippen LogP contribution < -0.4 is 0 Å². The lowest BCUT2D eigenvalue weighted by atomic mass is 9.86. The minimum Gasteiger partial charge on any atom is -0.364 e. The number of carbonyl (C=O) groups excluding carboxylic acids is 1. The van der Waals surface area contributed by atoms with Gasteiger partial charge in [-0.05, 0) is 93.4 Å². The number of unbranched alkanes of at least 4 members (excludes halogenated alkanes) is 1. The summed E-state index contributed by atoms with van der Waals surface area (Å²) < 4.78 is 14.7. The number of halogens is 1. The summed E-state index contributed by atoms with van der Waals surface area (Å²) in [5, 5.41) is 0. The lowest BCUT2D eigenvalue weighted by molar-refractivity contribution is 0.0900. The molecule has 0 bridgehead atoms. The van der Waals surface area contributed by atoms with Gasteiger partial charge >= 0.3 is 0 Å². The number of amidine groups is 1. The Hall–Kier alpha value is -2.87. The molecular weight excluding hydrogens is 461 g/mol. The number of aliphatic imine (C=N–C) groups is 1. The van der Waals surface area contributed by atoms with Crippen molar-refractivity contribution in [1.82, 2.24) is 9.88 Å². The van der Waals surface area contributed by atoms with E-state index in [0.717, 1.165) is 76.8 Å². The number of aromatic nitrogens is 1. The first-order valence-corrected chi connectivity index (χ1v) is 14.3. The Bertz CT molecular complexity index is 1210. The molecule has 196 valence electrons. The second-order valence-corrected chi connectivity index (χ2v) is 11.6. The minimum atomic E-state index is -0.388. The molecule has 0 amide bonds. The van der Waals surface area contributed by atoms with Gasteiger partial charge in [0.2, 0.25) is 0 Å². The van der Waals surface area contributed by atoms with Gasteiger partial charge in [-0.2, -0.15) is 0 Å². The number of ketones is 1. The number of aromatic amines is 1. The fourth-order valence-corrected chi connectivity index (χ4v) is 5.93. The van der Waals surface area contributed by atoms with E-state index in [0.29, 0.717) is 17.0 Å². The van der Waals surface area contributed by atoms with E-state index in [1.54, 1.807) is 12.1 Å². The first-order chi connectivity index (χ1) is 18.0. The van der Waals surface area contributed by atoms with Crippen molar-refractivity contribution in [3.63, 3.8) is 0 Å². The van der Waals surface area contributed by atoms with Crippen molar-refractivity contribution in [1.29, 1.82) is 0 Å². The van der Waals surface area contributed by atoms with E-state index in [4.69, 9.17) is 4.99 Å². The number of Topliss-reactive ketones (excluding diaryl/α,β-unsaturated/α-hetero) is 1. The summed E-state index contributed by atoms with van der Waals surface area (Å²) >= 11 is 0. The van der Waals surface area contributed by atoms with Gasteiger partial charge in [-0.15, -0.1) is 0 Å². The number of carbonyl (C=O) groups is 1. The standard InChI is InChI=1S/C32H40FN3O/c1-3-4-5-7-24-10-11-26(20-28(24)33)30(37)25-8-6-19-36(22-32(15-13-25)16-17-32)31-27-14-18-34-29(27)12-9-23(2)21-35-31/h10-11,14,18,20,23,25,34H,3-4,6,8-9,12-13,15-17,19,21-22H2,1-2H3. The third-order valence-corrected chi connectivity index (χ3v) is 8.52. The first-order valence-electron chi connectivity index (χ1n) is 14.3. The average molecular weight is 502 g/mol. The molecule has 4 nitrogen and oxygen atoms in total. The number of benzene rings is 1. The smallest absolute Gasteiger partial charge is 0.166 e. The monoisotopic (exact) mass is 501 g/mol. The van der Waals surface area contributed by atoms with Crippen LogP contribution in [0.3, 0.4) is 0 Å². The van der Waals surface area contributed by atoms with Crippen molar-refractivity contribution in [3.8, 4) is 11.8 Å². The zero-order chi connectivity index (χ0) is 25.8. The van der Waals surface area contributed by atoms with Crippen molar-refractivity contribution >= 4 is 11.6 Å². The van der Waals surface area contributed by atoms with Crippen LogP contribution in [0, 0.1) is 34.9 Å². The van der Waals surface area contributed by atoms with Crippen molar-refractivity contribution in [3.05, 3.63) is 58.7 Å². The zero-order valence-corrected chi connectivity index (χ0v) is 22.4. The SMILES string of the molecule is CCCC#Cc1ccc(C(=O)C2CCCN(C3=NCC(C)CCc4[nH]ccc43)CC3(CC2)CC3)cc1F. The number of hydrogen-bond donors (Lipinski definition) is 1. The van der Waals surface area contributed by atoms with Gasteiger partial charge in [0.15, 0.2) is 5.78 Å². The van der Waals surface area contributed by atoms with Gasteiger partial charge in [-0.1, -0.05) is 25.7 Å². The molecule has 1 N–H and O–H groups in total. The molecule has 3 aliphatic rings. The Morgan fingerprint density at radius 1 is 1.22 bits per heavy atom. The zero-order valence-electron chi connectivity index (χ0n) is 22.4. The molecule has 2 aromatic rings. The summed E-state index contributed by atoms with van der Waals surface area (Å²) in [6, 6.07) is 7.03. The molecule has 2 atom stereocenters. The van der Waals surface area contributed by atoms with Crippen LogP contribution >= 0.6 is 0 Å². The molecule has 2 fully saturated rings. The first kappa shape index (κ1) is 25.8. The van der Waals surface area contributed by atoms with Crippen molar-refractivity contribution < 1.29 is 9.18 Å². The second-order valence-electron chi connectivity index (χ2n) is 11.6. The van der Waals surface area contributed by atoms with Crippen LogP contribution in [0.5, 0.6) is 0 Å². The molecule has 2 unspecified atom stereocenters. The van der Waals surface area contributed by atoms with Crippen LogP contribution in [0.25, 0.3) is 0 Å². The highest BCUT2D eigenvalue weighted by Gasteiger charge is 2.45. The molecule has 1 aliphatic carbocycles. The van der Waals surface area contributed by atoms with E-state index in [2.05, 4.69) is 41.6 Å². The van der Waals surface area contributed by atoms with Crippen molar-refractivity contribution in [2.24, 2.45) is 22.2 Å². The Morgan fingerprint density at radius 2 is 2.08 bits per heavy atom. The molecule has 3 heterocycles. The minimum absolute atomic E-state index is 0.0593. The van der Waals surface area contributed by atoms with Crippen LogP contribution in [-0.4, -0.2) is 41.1 Å². The van der Waals surface area contributed by atoms with Crippen LogP contribution in [-0.2, 0) is 6.42 Å². The Labute approximate surface area is 221 Å². The van der Waals surface area contributed by atoms with E-state index in [1.165, 1.54) is 30.2 Å². The van der Waals surface area contributed by atoms with E-state index < -0.39 is 0 Å². The van der Waals surface area contributed by atoms with Crippen LogP contribution in [0.4, 0.5) is 4.39 Å². The summed E-state index contributed by atoms with van der Waals surface area (Å²) in [5.41, 5.74) is 3.70. The molecule has 37 heavy (non-hydrogen) atoms. The molecule has 1 saturated heterocycles. The third-order valence-electron chi connectivity index (χ3n) is 8.52. The molecule has 0 radical (unpaired) electrons. The predicted molar refractivity (Wildman–Crippen MR) is 147 cm³/mol. The molecule has 1 saturated carbocycles. The molecule has 2 aliphatic heterocycles. The summed E-state index contributed by atoms with van der Waals surface area (Å²) in [4.78, 5) is 24.7. The maximum atomic E-state index is 14.7. The third kappa shape index (κ3) is 6.00. The second kappa shape index (κ2) is 11.3. The summed E-state index contributed by atoms with van der Waals surface area (Å²) in [7, 11) is 0. The number of H-pyrrole nitrogens is 1. The molecular formula is C32H40FN3O. The van der Waals surface area contributed by atoms with E-state index >= 15 is 0 Å². The van der Waals surface area contributed by atoms with Crippen molar-refractivity contribution in [2.75, 3.05) is 19.6 Å². The highest BCUT2D eigenvalue weighted by atomic mass is 19.1. The average Bonchev–Trinajstić information content (AvgIpc) is 3.47. The molecule has 1 aromatic carbocycles. The Morgan fingerprint density at radius 3 is 2.86 bits per heavy atom. The normalized spacial score (nSPS) is 23.3. The van der Waals surface area contributed by atoms with Gasteiger partial charge in [0.05, 0.1) is 5.56 Å². The fourth-order valence-electron chi connectivity index (χ4n) is 5.93. The number of hydrogen-bond acceptors (Lipinski definition) is 3. The van der Waals surface area contributed by atoms with Gasteiger partial charge < -0.3 is 9.88 Å². The Kier molecular flexibility index (Phi) is 7.84. The van der Waals surface area contributed by atoms with Gasteiger partial charge in [0.1, 0.15) is 11.7 Å². The topological polar surface area (TPSA) is 48.5 Å². The van der Waals surface area contributed by atoms with Gasteiger partial charge in [0, 0.05) is 55.0 Å². The van der Waals surface area contributed by atoms with Gasteiger partial charge in [-0.25, -0.2) is 4.39 Å². The molecule has 5 heteroatoms.